The molecule has 94 valence electrons. The summed E-state index contributed by atoms with van der Waals surface area (Å²) in [5.41, 5.74) is 1.64. The molecule has 2 aliphatic rings. The standard InChI is InChI=1S/C10H13ClN2O2S2/c1-10(2-3-17(14,15)6-10)13-9(11)7-4-16-5-8(7)12-13/h2-6H2,1H3. The Balaban J connectivity index is 2.06. The largest absolute Gasteiger partial charge is 0.247 e. The lowest BCUT2D eigenvalue weighted by Crippen LogP contribution is -2.32. The zero-order chi connectivity index (χ0) is 12.3. The third-order valence-electron chi connectivity index (χ3n) is 3.48. The molecule has 0 bridgehead atoms. The molecule has 1 aromatic rings. The maximum absolute atomic E-state index is 11.6. The van der Waals surface area contributed by atoms with Crippen molar-refractivity contribution in [1.82, 2.24) is 9.78 Å². The molecule has 17 heavy (non-hydrogen) atoms. The van der Waals surface area contributed by atoms with Crippen molar-refractivity contribution in [1.29, 1.82) is 0 Å². The van der Waals surface area contributed by atoms with Crippen molar-refractivity contribution in [2.24, 2.45) is 0 Å². The molecule has 1 atom stereocenters. The van der Waals surface area contributed by atoms with Crippen molar-refractivity contribution in [2.45, 2.75) is 30.4 Å². The van der Waals surface area contributed by atoms with E-state index in [1.165, 1.54) is 0 Å². The minimum atomic E-state index is -2.94. The summed E-state index contributed by atoms with van der Waals surface area (Å²) in [5.74, 6) is 2.15. The van der Waals surface area contributed by atoms with Gasteiger partial charge in [-0.1, -0.05) is 11.6 Å². The average Bonchev–Trinajstić information content (AvgIpc) is 2.85. The Labute approximate surface area is 110 Å². The van der Waals surface area contributed by atoms with E-state index >= 15 is 0 Å². The van der Waals surface area contributed by atoms with E-state index in [4.69, 9.17) is 11.6 Å². The third kappa shape index (κ3) is 1.81. The maximum Gasteiger partial charge on any atom is 0.152 e. The Morgan fingerprint density at radius 2 is 2.24 bits per heavy atom. The van der Waals surface area contributed by atoms with Gasteiger partial charge in [0.2, 0.25) is 0 Å². The minimum absolute atomic E-state index is 0.146. The molecular weight excluding hydrogens is 280 g/mol. The predicted molar refractivity (Wildman–Crippen MR) is 69.2 cm³/mol. The smallest absolute Gasteiger partial charge is 0.152 e. The molecular formula is C10H13ClN2O2S2. The van der Waals surface area contributed by atoms with Crippen LogP contribution in [0.15, 0.2) is 0 Å². The van der Waals surface area contributed by atoms with E-state index < -0.39 is 15.4 Å². The highest BCUT2D eigenvalue weighted by molar-refractivity contribution is 7.98. The second-order valence-electron chi connectivity index (χ2n) is 4.96. The molecule has 1 aromatic heterocycles. The molecule has 0 radical (unpaired) electrons. The quantitative estimate of drug-likeness (QED) is 0.792. The van der Waals surface area contributed by atoms with Crippen molar-refractivity contribution in [3.8, 4) is 0 Å². The lowest BCUT2D eigenvalue weighted by molar-refractivity contribution is 0.327. The summed E-state index contributed by atoms with van der Waals surface area (Å²) >= 11 is 8.12. The average molecular weight is 293 g/mol. The summed E-state index contributed by atoms with van der Waals surface area (Å²) < 4.78 is 25.0. The lowest BCUT2D eigenvalue weighted by Gasteiger charge is -2.24. The van der Waals surface area contributed by atoms with Gasteiger partial charge in [-0.05, 0) is 13.3 Å². The highest BCUT2D eigenvalue weighted by Crippen LogP contribution is 2.39. The summed E-state index contributed by atoms with van der Waals surface area (Å²) in [6.07, 6.45) is 0.600. The first-order valence-corrected chi connectivity index (χ1v) is 8.82. The SMILES string of the molecule is CC1(n2nc3c(c2Cl)CSC3)CCS(=O)(=O)C1. The number of thioether (sulfide) groups is 1. The highest BCUT2D eigenvalue weighted by Gasteiger charge is 2.42. The van der Waals surface area contributed by atoms with Gasteiger partial charge < -0.3 is 0 Å². The maximum atomic E-state index is 11.6. The highest BCUT2D eigenvalue weighted by atomic mass is 35.5. The minimum Gasteiger partial charge on any atom is -0.247 e. The molecule has 1 unspecified atom stereocenters. The number of nitrogens with zero attached hydrogens (tertiary/aromatic N) is 2. The monoisotopic (exact) mass is 292 g/mol. The van der Waals surface area contributed by atoms with Crippen molar-refractivity contribution in [2.75, 3.05) is 11.5 Å². The van der Waals surface area contributed by atoms with Crippen molar-refractivity contribution in [3.63, 3.8) is 0 Å². The molecule has 3 heterocycles. The third-order valence-corrected chi connectivity index (χ3v) is 6.73. The topological polar surface area (TPSA) is 52.0 Å². The van der Waals surface area contributed by atoms with Crippen LogP contribution in [0, 0.1) is 0 Å². The van der Waals surface area contributed by atoms with Crippen molar-refractivity contribution >= 4 is 33.2 Å². The predicted octanol–water partition coefficient (Wildman–Crippen LogP) is 1.82. The second-order valence-corrected chi connectivity index (χ2v) is 8.49. The van der Waals surface area contributed by atoms with Crippen LogP contribution in [-0.2, 0) is 26.9 Å². The van der Waals surface area contributed by atoms with E-state index in [1.807, 2.05) is 6.92 Å². The van der Waals surface area contributed by atoms with Crippen LogP contribution in [0.3, 0.4) is 0 Å². The fourth-order valence-corrected chi connectivity index (χ4v) is 6.14. The lowest BCUT2D eigenvalue weighted by atomic mass is 10.0. The number of sulfone groups is 1. The normalized spacial score (nSPS) is 30.7. The summed E-state index contributed by atoms with van der Waals surface area (Å²) in [5, 5.41) is 5.14. The molecule has 3 rings (SSSR count). The van der Waals surface area contributed by atoms with Crippen LogP contribution in [-0.4, -0.2) is 29.7 Å². The van der Waals surface area contributed by atoms with Crippen molar-refractivity contribution < 1.29 is 8.42 Å². The Kier molecular flexibility index (Phi) is 2.55. The number of hydrogen-bond donors (Lipinski definition) is 0. The van der Waals surface area contributed by atoms with Crippen molar-refractivity contribution in [3.05, 3.63) is 16.4 Å². The molecule has 0 spiro atoms. The van der Waals surface area contributed by atoms with Crippen LogP contribution in [0.25, 0.3) is 0 Å². The molecule has 1 saturated heterocycles. The number of halogens is 1. The first kappa shape index (κ1) is 11.9. The van der Waals surface area contributed by atoms with E-state index in [9.17, 15) is 8.42 Å². The second kappa shape index (κ2) is 3.65. The summed E-state index contributed by atoms with van der Waals surface area (Å²) in [6, 6.07) is 0. The zero-order valence-corrected chi connectivity index (χ0v) is 11.8. The van der Waals surface area contributed by atoms with E-state index in [0.717, 1.165) is 22.8 Å². The van der Waals surface area contributed by atoms with Gasteiger partial charge in [0.05, 0.1) is 22.7 Å². The number of hydrogen-bond acceptors (Lipinski definition) is 4. The summed E-state index contributed by atoms with van der Waals surface area (Å²) in [7, 11) is -2.94. The van der Waals surface area contributed by atoms with Gasteiger partial charge in [-0.2, -0.15) is 16.9 Å². The van der Waals surface area contributed by atoms with Gasteiger partial charge >= 0.3 is 0 Å². The van der Waals surface area contributed by atoms with E-state index in [-0.39, 0.29) is 11.5 Å². The Morgan fingerprint density at radius 1 is 1.47 bits per heavy atom. The first-order valence-electron chi connectivity index (χ1n) is 5.46. The summed E-state index contributed by atoms with van der Waals surface area (Å²) in [6.45, 7) is 1.93. The van der Waals surface area contributed by atoms with Crippen LogP contribution in [0.5, 0.6) is 0 Å². The van der Waals surface area contributed by atoms with Crippen LogP contribution in [0.1, 0.15) is 24.6 Å². The van der Waals surface area contributed by atoms with Gasteiger partial charge in [0.1, 0.15) is 5.15 Å². The molecule has 4 nitrogen and oxygen atoms in total. The Hall–Kier alpha value is -0.200. The van der Waals surface area contributed by atoms with Gasteiger partial charge in [0, 0.05) is 17.1 Å². The Morgan fingerprint density at radius 3 is 2.82 bits per heavy atom. The van der Waals surface area contributed by atoms with Crippen LogP contribution in [0.4, 0.5) is 0 Å². The first-order chi connectivity index (χ1) is 7.91. The molecule has 0 saturated carbocycles. The van der Waals surface area contributed by atoms with E-state index in [0.29, 0.717) is 11.6 Å². The molecule has 2 aliphatic heterocycles. The van der Waals surface area contributed by atoms with Gasteiger partial charge in [-0.3, -0.25) is 0 Å². The van der Waals surface area contributed by atoms with Gasteiger partial charge in [0.15, 0.2) is 9.84 Å². The van der Waals surface area contributed by atoms with Gasteiger partial charge in [-0.15, -0.1) is 0 Å². The summed E-state index contributed by atoms with van der Waals surface area (Å²) in [4.78, 5) is 0. The zero-order valence-electron chi connectivity index (χ0n) is 9.44. The number of rotatable bonds is 1. The fraction of sp³-hybridized carbons (Fsp3) is 0.700. The number of aromatic nitrogens is 2. The fourth-order valence-electron chi connectivity index (χ4n) is 2.50. The van der Waals surface area contributed by atoms with Crippen LogP contribution in [0.2, 0.25) is 5.15 Å². The van der Waals surface area contributed by atoms with Gasteiger partial charge in [-0.25, -0.2) is 13.1 Å². The molecule has 1 fully saturated rings. The molecule has 0 aliphatic carbocycles. The van der Waals surface area contributed by atoms with Crippen LogP contribution >= 0.6 is 23.4 Å². The molecule has 0 aromatic carbocycles. The van der Waals surface area contributed by atoms with Crippen LogP contribution < -0.4 is 0 Å². The Bertz CT molecular complexity index is 581. The number of fused-ring (bicyclic) bond motifs is 1. The molecule has 7 heteroatoms. The molecule has 0 amide bonds. The van der Waals surface area contributed by atoms with E-state index in [2.05, 4.69) is 5.10 Å². The van der Waals surface area contributed by atoms with Gasteiger partial charge in [0.25, 0.3) is 0 Å². The van der Waals surface area contributed by atoms with E-state index in [1.54, 1.807) is 16.4 Å². The molecule has 0 N–H and O–H groups in total.